The molecule has 2 atom stereocenters. The van der Waals surface area contributed by atoms with Crippen molar-refractivity contribution < 1.29 is 17.6 Å². The van der Waals surface area contributed by atoms with Crippen LogP contribution in [0.15, 0.2) is 42.5 Å². The maximum Gasteiger partial charge on any atom is 0.329 e. The normalized spacial score (nSPS) is 24.2. The van der Waals surface area contributed by atoms with Crippen molar-refractivity contribution in [2.45, 2.75) is 25.9 Å². The molecule has 0 N–H and O–H groups in total. The molecule has 2 saturated heterocycles. The first-order chi connectivity index (χ1) is 12.3. The van der Waals surface area contributed by atoms with Crippen LogP contribution in [0, 0.1) is 19.7 Å². The second-order valence-electron chi connectivity index (χ2n) is 6.98. The predicted molar refractivity (Wildman–Crippen MR) is 98.9 cm³/mol. The fourth-order valence-corrected chi connectivity index (χ4v) is 5.70. The van der Waals surface area contributed by atoms with Crippen molar-refractivity contribution in [3.8, 4) is 0 Å². The highest BCUT2D eigenvalue weighted by molar-refractivity contribution is 7.91. The topological polar surface area (TPSA) is 57.7 Å². The lowest BCUT2D eigenvalue weighted by Crippen LogP contribution is -2.38. The zero-order valence-corrected chi connectivity index (χ0v) is 15.3. The number of hydrogen-bond acceptors (Lipinski definition) is 3. The summed E-state index contributed by atoms with van der Waals surface area (Å²) >= 11 is 0. The van der Waals surface area contributed by atoms with Crippen molar-refractivity contribution in [1.82, 2.24) is 0 Å². The van der Waals surface area contributed by atoms with Gasteiger partial charge in [0.05, 0.1) is 23.6 Å². The molecule has 4 rings (SSSR count). The molecular weight excluding hydrogens is 355 g/mol. The van der Waals surface area contributed by atoms with Crippen LogP contribution >= 0.6 is 0 Å². The molecule has 0 spiro atoms. The summed E-state index contributed by atoms with van der Waals surface area (Å²) in [7, 11) is -3.25. The van der Waals surface area contributed by atoms with E-state index in [4.69, 9.17) is 0 Å². The summed E-state index contributed by atoms with van der Waals surface area (Å²) in [6, 6.07) is 10.1. The summed E-state index contributed by atoms with van der Waals surface area (Å²) in [6.45, 7) is 3.94. The fraction of sp³-hybridized carbons (Fsp3) is 0.316. The van der Waals surface area contributed by atoms with Crippen molar-refractivity contribution in [1.29, 1.82) is 0 Å². The predicted octanol–water partition coefficient (Wildman–Crippen LogP) is 3.05. The van der Waals surface area contributed by atoms with E-state index in [9.17, 15) is 17.6 Å². The van der Waals surface area contributed by atoms with Gasteiger partial charge in [-0.05, 0) is 61.4 Å². The summed E-state index contributed by atoms with van der Waals surface area (Å²) in [5.41, 5.74) is 3.34. The van der Waals surface area contributed by atoms with Crippen LogP contribution in [0.2, 0.25) is 0 Å². The summed E-state index contributed by atoms with van der Waals surface area (Å²) in [5.74, 6) is -0.544. The van der Waals surface area contributed by atoms with Gasteiger partial charge in [-0.25, -0.2) is 17.6 Å². The number of hydrogen-bond donors (Lipinski definition) is 0. The molecule has 136 valence electrons. The minimum Gasteiger partial charge on any atom is -0.288 e. The van der Waals surface area contributed by atoms with E-state index in [2.05, 4.69) is 0 Å². The third-order valence-corrected chi connectivity index (χ3v) is 6.94. The number of halogens is 1. The Morgan fingerprint density at radius 2 is 1.42 bits per heavy atom. The smallest absolute Gasteiger partial charge is 0.288 e. The number of carbonyl (C=O) groups is 1. The van der Waals surface area contributed by atoms with E-state index in [0.717, 1.165) is 11.1 Å². The third kappa shape index (κ3) is 2.67. The molecule has 2 amide bonds. The van der Waals surface area contributed by atoms with Crippen LogP contribution in [0.5, 0.6) is 0 Å². The molecule has 2 aromatic carbocycles. The average molecular weight is 374 g/mol. The summed E-state index contributed by atoms with van der Waals surface area (Å²) in [6.07, 6.45) is 0. The van der Waals surface area contributed by atoms with Gasteiger partial charge in [0.25, 0.3) is 0 Å². The van der Waals surface area contributed by atoms with E-state index in [1.54, 1.807) is 4.90 Å². The lowest BCUT2D eigenvalue weighted by atomic mass is 10.1. The molecule has 2 heterocycles. The van der Waals surface area contributed by atoms with E-state index in [0.29, 0.717) is 11.4 Å². The van der Waals surface area contributed by atoms with E-state index >= 15 is 0 Å². The van der Waals surface area contributed by atoms with E-state index in [-0.39, 0.29) is 17.5 Å². The number of nitrogens with zero attached hydrogens (tertiary/aromatic N) is 2. The van der Waals surface area contributed by atoms with Crippen molar-refractivity contribution in [3.63, 3.8) is 0 Å². The van der Waals surface area contributed by atoms with Crippen LogP contribution in [-0.2, 0) is 9.84 Å². The van der Waals surface area contributed by atoms with Crippen molar-refractivity contribution in [3.05, 3.63) is 59.4 Å². The first-order valence-corrected chi connectivity index (χ1v) is 10.2. The van der Waals surface area contributed by atoms with Crippen molar-refractivity contribution in [2.24, 2.45) is 0 Å². The molecule has 0 aliphatic carbocycles. The Hall–Kier alpha value is -2.41. The second kappa shape index (κ2) is 5.81. The molecule has 0 aromatic heterocycles. The molecule has 2 aromatic rings. The van der Waals surface area contributed by atoms with Gasteiger partial charge >= 0.3 is 6.03 Å². The zero-order valence-electron chi connectivity index (χ0n) is 14.5. The second-order valence-corrected chi connectivity index (χ2v) is 9.13. The zero-order chi connectivity index (χ0) is 18.6. The molecule has 7 heteroatoms. The van der Waals surface area contributed by atoms with E-state index < -0.39 is 27.7 Å². The molecule has 2 fully saturated rings. The summed E-state index contributed by atoms with van der Waals surface area (Å²) < 4.78 is 37.8. The molecular formula is C19H19FN2O3S. The largest absolute Gasteiger partial charge is 0.329 e. The highest BCUT2D eigenvalue weighted by Gasteiger charge is 2.54. The fourth-order valence-electron chi connectivity index (χ4n) is 3.78. The number of aryl methyl sites for hydroxylation is 2. The van der Waals surface area contributed by atoms with Gasteiger partial charge < -0.3 is 0 Å². The molecule has 2 aliphatic rings. The highest BCUT2D eigenvalue weighted by atomic mass is 32.2. The van der Waals surface area contributed by atoms with Gasteiger partial charge in [-0.3, -0.25) is 9.80 Å². The molecule has 0 saturated carbocycles. The molecule has 5 nitrogen and oxygen atoms in total. The van der Waals surface area contributed by atoms with Gasteiger partial charge in [0.1, 0.15) is 5.82 Å². The Bertz CT molecular complexity index is 988. The maximum atomic E-state index is 13.3. The number of sulfone groups is 1. The van der Waals surface area contributed by atoms with Crippen LogP contribution in [0.3, 0.4) is 0 Å². The van der Waals surface area contributed by atoms with Gasteiger partial charge in [-0.2, -0.15) is 0 Å². The lowest BCUT2D eigenvalue weighted by molar-refractivity contribution is 0.255. The van der Waals surface area contributed by atoms with Crippen LogP contribution in [0.4, 0.5) is 20.6 Å². The minimum absolute atomic E-state index is 0.0615. The van der Waals surface area contributed by atoms with Gasteiger partial charge in [-0.15, -0.1) is 0 Å². The Kier molecular flexibility index (Phi) is 3.80. The SMILES string of the molecule is Cc1ccc(N2C(=O)N(c3ccc(F)cc3)[C@H]3CS(=O)(=O)C[C@H]32)cc1C. The molecule has 0 bridgehead atoms. The van der Waals surface area contributed by atoms with Crippen LogP contribution in [0.25, 0.3) is 0 Å². The van der Waals surface area contributed by atoms with E-state index in [1.807, 2.05) is 32.0 Å². The van der Waals surface area contributed by atoms with Crippen molar-refractivity contribution in [2.75, 3.05) is 21.3 Å². The number of urea groups is 1. The lowest BCUT2D eigenvalue weighted by Gasteiger charge is -2.23. The number of rotatable bonds is 2. The quantitative estimate of drug-likeness (QED) is 0.759. The van der Waals surface area contributed by atoms with Crippen LogP contribution in [-0.4, -0.2) is 38.0 Å². The first-order valence-electron chi connectivity index (χ1n) is 8.42. The molecule has 26 heavy (non-hydrogen) atoms. The Morgan fingerprint density at radius 1 is 0.885 bits per heavy atom. The number of benzene rings is 2. The van der Waals surface area contributed by atoms with Gasteiger partial charge in [0, 0.05) is 11.4 Å². The van der Waals surface area contributed by atoms with Crippen LogP contribution < -0.4 is 9.80 Å². The Balaban J connectivity index is 1.81. The maximum absolute atomic E-state index is 13.3. The molecule has 0 radical (unpaired) electrons. The Labute approximate surface area is 152 Å². The number of fused-ring (bicyclic) bond motifs is 1. The van der Waals surface area contributed by atoms with Gasteiger partial charge in [-0.1, -0.05) is 6.07 Å². The van der Waals surface area contributed by atoms with Crippen LogP contribution in [0.1, 0.15) is 11.1 Å². The monoisotopic (exact) mass is 374 g/mol. The number of anilines is 2. The standard InChI is InChI=1S/C19H19FN2O3S/c1-12-3-6-16(9-13(12)2)22-18-11-26(24,25)10-17(18)21(19(22)23)15-7-4-14(20)5-8-15/h3-9,17-18H,10-11H2,1-2H3/t17-,18+/m0/s1. The number of carbonyl (C=O) groups excluding carboxylic acids is 1. The average Bonchev–Trinajstić information content (AvgIpc) is 3.00. The molecule has 0 unspecified atom stereocenters. The van der Waals surface area contributed by atoms with Gasteiger partial charge in [0.2, 0.25) is 0 Å². The summed E-state index contributed by atoms with van der Waals surface area (Å²) in [4.78, 5) is 16.2. The highest BCUT2D eigenvalue weighted by Crippen LogP contribution is 2.38. The van der Waals surface area contributed by atoms with Gasteiger partial charge in [0.15, 0.2) is 9.84 Å². The number of amides is 2. The summed E-state index contributed by atoms with van der Waals surface area (Å²) in [5, 5.41) is 0. The molecule has 2 aliphatic heterocycles. The third-order valence-electron chi connectivity index (χ3n) is 5.24. The minimum atomic E-state index is -3.25. The van der Waals surface area contributed by atoms with Crippen molar-refractivity contribution >= 4 is 27.2 Å². The first kappa shape index (κ1) is 17.0. The Morgan fingerprint density at radius 3 is 2.00 bits per heavy atom. The van der Waals surface area contributed by atoms with E-state index in [1.165, 1.54) is 29.2 Å².